The number of anilines is 1. The van der Waals surface area contributed by atoms with E-state index in [2.05, 4.69) is 21.8 Å². The number of hydrogen-bond donors (Lipinski definition) is 1. The molecule has 1 N–H and O–H groups in total. The minimum atomic E-state index is -0.115. The Kier molecular flexibility index (Phi) is 4.49. The van der Waals surface area contributed by atoms with Crippen LogP contribution >= 0.6 is 0 Å². The Morgan fingerprint density at radius 2 is 1.88 bits per heavy atom. The van der Waals surface area contributed by atoms with Crippen molar-refractivity contribution in [1.29, 1.82) is 0 Å². The fraction of sp³-hybridized carbons (Fsp3) is 0.450. The highest BCUT2D eigenvalue weighted by Crippen LogP contribution is 2.20. The molecule has 0 bridgehead atoms. The van der Waals surface area contributed by atoms with E-state index in [0.717, 1.165) is 38.0 Å². The van der Waals surface area contributed by atoms with Crippen LogP contribution in [0.25, 0.3) is 0 Å². The number of aromatic amines is 1. The van der Waals surface area contributed by atoms with Crippen molar-refractivity contribution in [2.45, 2.75) is 39.2 Å². The Morgan fingerprint density at radius 1 is 1.15 bits per heavy atom. The molecule has 6 nitrogen and oxygen atoms in total. The number of nitrogens with one attached hydrogen (secondary N) is 1. The molecule has 0 radical (unpaired) electrons. The number of benzene rings is 1. The first kappa shape index (κ1) is 16.8. The number of amides is 1. The van der Waals surface area contributed by atoms with Crippen LogP contribution in [0.5, 0.6) is 0 Å². The third-order valence-corrected chi connectivity index (χ3v) is 5.36. The van der Waals surface area contributed by atoms with E-state index < -0.39 is 0 Å². The summed E-state index contributed by atoms with van der Waals surface area (Å²) in [4.78, 5) is 36.8. The summed E-state index contributed by atoms with van der Waals surface area (Å²) in [6.07, 6.45) is 3.85. The van der Waals surface area contributed by atoms with Crippen molar-refractivity contribution in [2.75, 3.05) is 24.5 Å². The molecule has 1 aromatic heterocycles. The highest BCUT2D eigenvalue weighted by molar-refractivity contribution is 5.94. The van der Waals surface area contributed by atoms with E-state index in [1.165, 1.54) is 5.56 Å². The quantitative estimate of drug-likeness (QED) is 0.919. The van der Waals surface area contributed by atoms with Gasteiger partial charge in [0, 0.05) is 31.6 Å². The van der Waals surface area contributed by atoms with E-state index in [1.54, 1.807) is 4.90 Å². The SMILES string of the molecule is CCc1ccc(C(=O)N2CCc3nc(N4CCCC4)[nH]c(=O)c3C2)cc1. The van der Waals surface area contributed by atoms with Gasteiger partial charge in [-0.25, -0.2) is 4.98 Å². The Labute approximate surface area is 152 Å². The standard InChI is InChI=1S/C20H24N4O2/c1-2-14-5-7-15(8-6-14)19(26)24-12-9-17-16(13-24)18(25)22-20(21-17)23-10-3-4-11-23/h5-8H,2-4,9-13H2,1H3,(H,21,22,25). The third kappa shape index (κ3) is 3.11. The molecule has 1 aromatic carbocycles. The molecule has 0 unspecified atom stereocenters. The van der Waals surface area contributed by atoms with Gasteiger partial charge in [-0.05, 0) is 37.0 Å². The molecule has 3 heterocycles. The van der Waals surface area contributed by atoms with Crippen molar-refractivity contribution in [1.82, 2.24) is 14.9 Å². The average Bonchev–Trinajstić information content (AvgIpc) is 3.22. The Balaban J connectivity index is 1.55. The summed E-state index contributed by atoms with van der Waals surface area (Å²) in [5.74, 6) is 0.655. The molecule has 0 spiro atoms. The van der Waals surface area contributed by atoms with Gasteiger partial charge in [0.25, 0.3) is 11.5 Å². The van der Waals surface area contributed by atoms with Crippen LogP contribution in [0.3, 0.4) is 0 Å². The molecule has 0 aliphatic carbocycles. The largest absolute Gasteiger partial charge is 0.342 e. The highest BCUT2D eigenvalue weighted by atomic mass is 16.2. The number of H-pyrrole nitrogens is 1. The topological polar surface area (TPSA) is 69.3 Å². The van der Waals surface area contributed by atoms with Crippen molar-refractivity contribution in [3.8, 4) is 0 Å². The van der Waals surface area contributed by atoms with Crippen molar-refractivity contribution in [3.63, 3.8) is 0 Å². The number of nitrogens with zero attached hydrogens (tertiary/aromatic N) is 3. The van der Waals surface area contributed by atoms with Crippen LogP contribution in [0, 0.1) is 0 Å². The van der Waals surface area contributed by atoms with Gasteiger partial charge >= 0.3 is 0 Å². The number of fused-ring (bicyclic) bond motifs is 1. The smallest absolute Gasteiger partial charge is 0.257 e. The number of rotatable bonds is 3. The van der Waals surface area contributed by atoms with Crippen LogP contribution in [0.4, 0.5) is 5.95 Å². The fourth-order valence-corrected chi connectivity index (χ4v) is 3.73. The molecule has 0 atom stereocenters. The van der Waals surface area contributed by atoms with Crippen molar-refractivity contribution < 1.29 is 4.79 Å². The molecule has 4 rings (SSSR count). The Hall–Kier alpha value is -2.63. The average molecular weight is 352 g/mol. The van der Waals surface area contributed by atoms with Gasteiger partial charge in [0.1, 0.15) is 0 Å². The molecule has 136 valence electrons. The lowest BCUT2D eigenvalue weighted by atomic mass is 10.0. The monoisotopic (exact) mass is 352 g/mol. The van der Waals surface area contributed by atoms with E-state index in [9.17, 15) is 9.59 Å². The molecule has 1 saturated heterocycles. The lowest BCUT2D eigenvalue weighted by Gasteiger charge is -2.28. The second-order valence-electron chi connectivity index (χ2n) is 7.04. The van der Waals surface area contributed by atoms with Gasteiger partial charge in [-0.3, -0.25) is 14.6 Å². The number of carbonyl (C=O) groups excluding carboxylic acids is 1. The summed E-state index contributed by atoms with van der Waals surface area (Å²) in [6.45, 7) is 4.90. The maximum Gasteiger partial charge on any atom is 0.257 e. The lowest BCUT2D eigenvalue weighted by Crippen LogP contribution is -2.40. The molecule has 2 aliphatic heterocycles. The first-order chi connectivity index (χ1) is 12.7. The van der Waals surface area contributed by atoms with Crippen LogP contribution < -0.4 is 10.5 Å². The maximum atomic E-state index is 12.8. The van der Waals surface area contributed by atoms with Crippen molar-refractivity contribution >= 4 is 11.9 Å². The molecule has 1 amide bonds. The van der Waals surface area contributed by atoms with Crippen molar-refractivity contribution in [2.24, 2.45) is 0 Å². The number of carbonyl (C=O) groups is 1. The molecule has 0 saturated carbocycles. The van der Waals surface area contributed by atoms with E-state index in [4.69, 9.17) is 0 Å². The van der Waals surface area contributed by atoms with E-state index in [1.807, 2.05) is 24.3 Å². The van der Waals surface area contributed by atoms with E-state index in [-0.39, 0.29) is 11.5 Å². The molecular weight excluding hydrogens is 328 g/mol. The molecular formula is C20H24N4O2. The molecule has 26 heavy (non-hydrogen) atoms. The number of aromatic nitrogens is 2. The Morgan fingerprint density at radius 3 is 2.58 bits per heavy atom. The van der Waals surface area contributed by atoms with Crippen LogP contribution in [-0.4, -0.2) is 40.4 Å². The zero-order valence-corrected chi connectivity index (χ0v) is 15.1. The zero-order valence-electron chi connectivity index (χ0n) is 15.1. The summed E-state index contributed by atoms with van der Waals surface area (Å²) >= 11 is 0. The number of aryl methyl sites for hydroxylation is 1. The highest BCUT2D eigenvalue weighted by Gasteiger charge is 2.26. The summed E-state index contributed by atoms with van der Waals surface area (Å²) < 4.78 is 0. The van der Waals surface area contributed by atoms with Crippen LogP contribution in [0.2, 0.25) is 0 Å². The molecule has 2 aromatic rings. The van der Waals surface area contributed by atoms with Gasteiger partial charge in [-0.15, -0.1) is 0 Å². The molecule has 6 heteroatoms. The zero-order chi connectivity index (χ0) is 18.1. The van der Waals surface area contributed by atoms with Crippen molar-refractivity contribution in [3.05, 3.63) is 57.0 Å². The summed E-state index contributed by atoms with van der Waals surface area (Å²) in [5, 5.41) is 0. The van der Waals surface area contributed by atoms with Gasteiger partial charge in [-0.2, -0.15) is 0 Å². The first-order valence-corrected chi connectivity index (χ1v) is 9.41. The molecule has 1 fully saturated rings. The normalized spacial score (nSPS) is 16.7. The number of hydrogen-bond acceptors (Lipinski definition) is 4. The third-order valence-electron chi connectivity index (χ3n) is 5.36. The van der Waals surface area contributed by atoms with E-state index >= 15 is 0 Å². The fourth-order valence-electron chi connectivity index (χ4n) is 3.73. The predicted octanol–water partition coefficient (Wildman–Crippen LogP) is 2.13. The predicted molar refractivity (Wildman–Crippen MR) is 101 cm³/mol. The lowest BCUT2D eigenvalue weighted by molar-refractivity contribution is 0.0732. The maximum absolute atomic E-state index is 12.8. The summed E-state index contributed by atoms with van der Waals surface area (Å²) in [6, 6.07) is 7.72. The van der Waals surface area contributed by atoms with Crippen LogP contribution in [-0.2, 0) is 19.4 Å². The summed E-state index contributed by atoms with van der Waals surface area (Å²) in [5.41, 5.74) is 3.22. The summed E-state index contributed by atoms with van der Waals surface area (Å²) in [7, 11) is 0. The van der Waals surface area contributed by atoms with Gasteiger partial charge < -0.3 is 9.80 Å². The minimum Gasteiger partial charge on any atom is -0.342 e. The van der Waals surface area contributed by atoms with Gasteiger partial charge in [0.05, 0.1) is 17.8 Å². The second kappa shape index (κ2) is 6.94. The van der Waals surface area contributed by atoms with Gasteiger partial charge in [0.2, 0.25) is 5.95 Å². The van der Waals surface area contributed by atoms with Gasteiger partial charge in [0.15, 0.2) is 0 Å². The first-order valence-electron chi connectivity index (χ1n) is 9.41. The van der Waals surface area contributed by atoms with E-state index in [0.29, 0.717) is 36.6 Å². The minimum absolute atomic E-state index is 0.0266. The van der Waals surface area contributed by atoms with Crippen LogP contribution in [0.15, 0.2) is 29.1 Å². The molecule has 2 aliphatic rings. The Bertz CT molecular complexity index is 866. The van der Waals surface area contributed by atoms with Gasteiger partial charge in [-0.1, -0.05) is 19.1 Å². The second-order valence-corrected chi connectivity index (χ2v) is 7.04. The van der Waals surface area contributed by atoms with Crippen LogP contribution in [0.1, 0.15) is 46.9 Å².